The maximum atomic E-state index is 13.4. The Hall–Kier alpha value is -1.48. The van der Waals surface area contributed by atoms with Gasteiger partial charge in [-0.05, 0) is 66.7 Å². The van der Waals surface area contributed by atoms with Crippen molar-refractivity contribution in [2.75, 3.05) is 0 Å². The number of benzene rings is 1. The fourth-order valence-corrected chi connectivity index (χ4v) is 3.79. The van der Waals surface area contributed by atoms with Crippen LogP contribution >= 0.6 is 11.6 Å². The lowest BCUT2D eigenvalue weighted by Crippen LogP contribution is -2.13. The van der Waals surface area contributed by atoms with Crippen LogP contribution in [0.4, 0.5) is 8.78 Å². The fraction of sp³-hybridized carbons (Fsp3) is 0.421. The standard InChI is InChI=1S/C19H20ClF2N/c1-2-12-3-5-13(6-4-12)14-7-9-15(10-8-14)16-11-17(21)19(22)23-18(16)20/h3-6,11,14-15H,2,7-10H2,1H3/t14-,15-. The van der Waals surface area contributed by atoms with Crippen LogP contribution in [0.5, 0.6) is 0 Å². The van der Waals surface area contributed by atoms with Gasteiger partial charge in [0, 0.05) is 0 Å². The second-order valence-corrected chi connectivity index (χ2v) is 6.64. The molecule has 1 aromatic carbocycles. The van der Waals surface area contributed by atoms with E-state index in [0.717, 1.165) is 32.1 Å². The number of halogens is 3. The average Bonchev–Trinajstić information content (AvgIpc) is 2.58. The maximum absolute atomic E-state index is 13.4. The van der Waals surface area contributed by atoms with Gasteiger partial charge in [-0.15, -0.1) is 0 Å². The van der Waals surface area contributed by atoms with E-state index in [4.69, 9.17) is 11.6 Å². The molecule has 1 fully saturated rings. The summed E-state index contributed by atoms with van der Waals surface area (Å²) in [6.07, 6.45) is 4.96. The van der Waals surface area contributed by atoms with Crippen LogP contribution in [-0.4, -0.2) is 4.98 Å². The molecule has 2 aromatic rings. The van der Waals surface area contributed by atoms with E-state index in [9.17, 15) is 8.78 Å². The number of rotatable bonds is 3. The first-order chi connectivity index (χ1) is 11.1. The van der Waals surface area contributed by atoms with Crippen molar-refractivity contribution < 1.29 is 8.78 Å². The van der Waals surface area contributed by atoms with E-state index in [1.807, 2.05) is 0 Å². The van der Waals surface area contributed by atoms with Crippen molar-refractivity contribution in [1.29, 1.82) is 0 Å². The quantitative estimate of drug-likeness (QED) is 0.625. The smallest absolute Gasteiger partial charge is 0.205 e. The van der Waals surface area contributed by atoms with Crippen LogP contribution in [0.15, 0.2) is 30.3 Å². The Balaban J connectivity index is 1.69. The van der Waals surface area contributed by atoms with E-state index >= 15 is 0 Å². The minimum atomic E-state index is -1.12. The van der Waals surface area contributed by atoms with E-state index in [1.54, 1.807) is 0 Å². The lowest BCUT2D eigenvalue weighted by atomic mass is 9.76. The van der Waals surface area contributed by atoms with Crippen molar-refractivity contribution >= 4 is 11.6 Å². The first-order valence-corrected chi connectivity index (χ1v) is 8.56. The largest absolute Gasteiger partial charge is 0.250 e. The molecule has 0 unspecified atom stereocenters. The molecule has 23 heavy (non-hydrogen) atoms. The molecule has 122 valence electrons. The van der Waals surface area contributed by atoms with Gasteiger partial charge in [-0.1, -0.05) is 42.8 Å². The highest BCUT2D eigenvalue weighted by molar-refractivity contribution is 6.30. The Labute approximate surface area is 140 Å². The first kappa shape index (κ1) is 16.4. The molecule has 4 heteroatoms. The Bertz CT molecular complexity index is 677. The molecule has 1 nitrogen and oxygen atoms in total. The molecule has 0 spiro atoms. The van der Waals surface area contributed by atoms with Gasteiger partial charge < -0.3 is 0 Å². The summed E-state index contributed by atoms with van der Waals surface area (Å²) in [6, 6.07) is 10.0. The van der Waals surface area contributed by atoms with Crippen LogP contribution in [-0.2, 0) is 6.42 Å². The number of aromatic nitrogens is 1. The first-order valence-electron chi connectivity index (χ1n) is 8.18. The highest BCUT2D eigenvalue weighted by Gasteiger charge is 2.26. The summed E-state index contributed by atoms with van der Waals surface area (Å²) < 4.78 is 26.5. The average molecular weight is 336 g/mol. The molecule has 0 amide bonds. The third-order valence-electron chi connectivity index (χ3n) is 4.94. The van der Waals surface area contributed by atoms with Crippen LogP contribution in [0.2, 0.25) is 5.15 Å². The van der Waals surface area contributed by atoms with Gasteiger partial charge in [0.25, 0.3) is 0 Å². The van der Waals surface area contributed by atoms with Crippen molar-refractivity contribution in [1.82, 2.24) is 4.98 Å². The number of aryl methyl sites for hydroxylation is 1. The number of nitrogens with zero attached hydrogens (tertiary/aromatic N) is 1. The third kappa shape index (κ3) is 3.55. The zero-order chi connectivity index (χ0) is 16.4. The van der Waals surface area contributed by atoms with Crippen LogP contribution in [0.25, 0.3) is 0 Å². The summed E-state index contributed by atoms with van der Waals surface area (Å²) in [4.78, 5) is 3.47. The van der Waals surface area contributed by atoms with Crippen LogP contribution in [0, 0.1) is 11.8 Å². The SMILES string of the molecule is CCc1ccc([C@H]2CC[C@H](c3cc(F)c(F)nc3Cl)CC2)cc1. The molecular formula is C19H20ClF2N. The van der Waals surface area contributed by atoms with Crippen molar-refractivity contribution in [3.8, 4) is 0 Å². The monoisotopic (exact) mass is 335 g/mol. The molecule has 0 atom stereocenters. The lowest BCUT2D eigenvalue weighted by molar-refractivity contribution is 0.392. The lowest BCUT2D eigenvalue weighted by Gasteiger charge is -2.29. The molecule has 1 aliphatic carbocycles. The Kier molecular flexibility index (Phi) is 4.96. The third-order valence-corrected chi connectivity index (χ3v) is 5.24. The topological polar surface area (TPSA) is 12.9 Å². The minimum Gasteiger partial charge on any atom is -0.205 e. The number of pyridine rings is 1. The fourth-order valence-electron chi connectivity index (χ4n) is 3.51. The van der Waals surface area contributed by atoms with Gasteiger partial charge in [-0.2, -0.15) is 4.39 Å². The van der Waals surface area contributed by atoms with Crippen LogP contribution < -0.4 is 0 Å². The van der Waals surface area contributed by atoms with Gasteiger partial charge in [0.2, 0.25) is 5.95 Å². The summed E-state index contributed by atoms with van der Waals surface area (Å²) in [7, 11) is 0. The van der Waals surface area contributed by atoms with Crippen molar-refractivity contribution in [2.24, 2.45) is 0 Å². The number of hydrogen-bond donors (Lipinski definition) is 0. The predicted molar refractivity (Wildman–Crippen MR) is 88.9 cm³/mol. The van der Waals surface area contributed by atoms with Crippen molar-refractivity contribution in [2.45, 2.75) is 50.9 Å². The van der Waals surface area contributed by atoms with Gasteiger partial charge >= 0.3 is 0 Å². The van der Waals surface area contributed by atoms with Gasteiger partial charge in [0.15, 0.2) is 5.82 Å². The summed E-state index contributed by atoms with van der Waals surface area (Å²) in [6.45, 7) is 2.15. The predicted octanol–water partition coefficient (Wildman–Crippen LogP) is 6.02. The molecule has 0 bridgehead atoms. The van der Waals surface area contributed by atoms with Gasteiger partial charge in [0.05, 0.1) is 0 Å². The Morgan fingerprint density at radius 3 is 2.26 bits per heavy atom. The van der Waals surface area contributed by atoms with Crippen LogP contribution in [0.3, 0.4) is 0 Å². The second kappa shape index (κ2) is 6.96. The highest BCUT2D eigenvalue weighted by Crippen LogP contribution is 2.42. The molecule has 1 saturated carbocycles. The zero-order valence-electron chi connectivity index (χ0n) is 13.2. The van der Waals surface area contributed by atoms with Crippen molar-refractivity contribution in [3.63, 3.8) is 0 Å². The second-order valence-electron chi connectivity index (χ2n) is 6.28. The van der Waals surface area contributed by atoms with E-state index in [0.29, 0.717) is 11.5 Å². The van der Waals surface area contributed by atoms with Gasteiger partial charge in [-0.25, -0.2) is 9.37 Å². The Morgan fingerprint density at radius 1 is 1.04 bits per heavy atom. The van der Waals surface area contributed by atoms with E-state index in [-0.39, 0.29) is 11.1 Å². The molecule has 3 rings (SSSR count). The highest BCUT2D eigenvalue weighted by atomic mass is 35.5. The zero-order valence-corrected chi connectivity index (χ0v) is 13.9. The van der Waals surface area contributed by atoms with Gasteiger partial charge in [0.1, 0.15) is 5.15 Å². The molecule has 1 aromatic heterocycles. The van der Waals surface area contributed by atoms with E-state index < -0.39 is 11.8 Å². The summed E-state index contributed by atoms with van der Waals surface area (Å²) in [5, 5.41) is 0.0969. The summed E-state index contributed by atoms with van der Waals surface area (Å²) in [5.74, 6) is -1.34. The maximum Gasteiger partial charge on any atom is 0.250 e. The van der Waals surface area contributed by atoms with E-state index in [1.165, 1.54) is 17.2 Å². The number of hydrogen-bond acceptors (Lipinski definition) is 1. The molecule has 0 saturated heterocycles. The molecule has 0 aliphatic heterocycles. The molecular weight excluding hydrogens is 316 g/mol. The van der Waals surface area contributed by atoms with Gasteiger partial charge in [-0.3, -0.25) is 0 Å². The van der Waals surface area contributed by atoms with E-state index in [2.05, 4.69) is 36.2 Å². The summed E-state index contributed by atoms with van der Waals surface area (Å²) in [5.41, 5.74) is 3.36. The minimum absolute atomic E-state index is 0.0969. The molecule has 0 N–H and O–H groups in total. The normalized spacial score (nSPS) is 21.4. The molecule has 0 radical (unpaired) electrons. The Morgan fingerprint density at radius 2 is 1.65 bits per heavy atom. The van der Waals surface area contributed by atoms with Crippen molar-refractivity contribution in [3.05, 3.63) is 63.9 Å². The summed E-state index contributed by atoms with van der Waals surface area (Å²) >= 11 is 6.00. The molecule has 1 heterocycles. The molecule has 1 aliphatic rings. The van der Waals surface area contributed by atoms with Crippen LogP contribution in [0.1, 0.15) is 61.1 Å².